The van der Waals surface area contributed by atoms with E-state index in [1.54, 1.807) is 36.7 Å². The van der Waals surface area contributed by atoms with Crippen LogP contribution in [-0.4, -0.2) is 10.7 Å². The van der Waals surface area contributed by atoms with E-state index < -0.39 is 0 Å². The predicted molar refractivity (Wildman–Crippen MR) is 72.7 cm³/mol. The first-order chi connectivity index (χ1) is 8.68. The maximum atomic E-state index is 13.4. The van der Waals surface area contributed by atoms with Gasteiger partial charge in [-0.2, -0.15) is 0 Å². The van der Waals surface area contributed by atoms with E-state index in [-0.39, 0.29) is 11.9 Å². The van der Waals surface area contributed by atoms with Crippen LogP contribution in [0.4, 0.5) is 10.1 Å². The average molecular weight is 263 g/mol. The minimum absolute atomic E-state index is 0.228. The van der Waals surface area contributed by atoms with Crippen molar-refractivity contribution in [3.05, 3.63) is 54.1 Å². The van der Waals surface area contributed by atoms with Gasteiger partial charge in [-0.1, -0.05) is 12.1 Å². The fourth-order valence-corrected chi connectivity index (χ4v) is 2.48. The van der Waals surface area contributed by atoms with Crippen LogP contribution in [0.3, 0.4) is 0 Å². The van der Waals surface area contributed by atoms with Gasteiger partial charge in [0.05, 0.1) is 0 Å². The third-order valence-electron chi connectivity index (χ3n) is 2.54. The molecule has 1 atom stereocenters. The van der Waals surface area contributed by atoms with E-state index in [9.17, 15) is 4.39 Å². The maximum Gasteiger partial charge on any atom is 0.136 e. The number of thioether (sulfide) groups is 1. The number of hydrogen-bond acceptors (Lipinski definition) is 4. The molecule has 0 spiro atoms. The molecule has 0 bridgehead atoms. The van der Waals surface area contributed by atoms with Crippen LogP contribution in [0.1, 0.15) is 11.6 Å². The molecule has 3 nitrogen and oxygen atoms in total. The summed E-state index contributed by atoms with van der Waals surface area (Å²) in [5.74, 6) is 0.324. The molecule has 0 fully saturated rings. The first kappa shape index (κ1) is 12.9. The van der Waals surface area contributed by atoms with E-state index in [2.05, 4.69) is 4.98 Å². The van der Waals surface area contributed by atoms with E-state index in [1.165, 1.54) is 17.8 Å². The zero-order valence-electron chi connectivity index (χ0n) is 9.71. The molecule has 0 radical (unpaired) electrons. The van der Waals surface area contributed by atoms with Crippen LogP contribution in [0.2, 0.25) is 0 Å². The van der Waals surface area contributed by atoms with E-state index >= 15 is 0 Å². The molecule has 0 saturated carbocycles. The maximum absolute atomic E-state index is 13.4. The Balaban J connectivity index is 2.03. The van der Waals surface area contributed by atoms with Crippen molar-refractivity contribution in [3.63, 3.8) is 0 Å². The number of rotatable bonds is 4. The van der Waals surface area contributed by atoms with Gasteiger partial charge in [-0.3, -0.25) is 4.98 Å². The lowest BCUT2D eigenvalue weighted by Gasteiger charge is -2.13. The fraction of sp³-hybridized carbons (Fsp3) is 0.154. The second-order valence-corrected chi connectivity index (χ2v) is 4.91. The molecule has 0 aliphatic carbocycles. The third-order valence-corrected chi connectivity index (χ3v) is 3.71. The minimum Gasteiger partial charge on any atom is -0.398 e. The molecular weight excluding hydrogens is 249 g/mol. The topological polar surface area (TPSA) is 64.9 Å². The summed E-state index contributed by atoms with van der Waals surface area (Å²) >= 11 is 1.38. The van der Waals surface area contributed by atoms with Crippen LogP contribution < -0.4 is 11.5 Å². The molecule has 2 aromatic rings. The monoisotopic (exact) mass is 263 g/mol. The van der Waals surface area contributed by atoms with Gasteiger partial charge in [0.25, 0.3) is 0 Å². The number of aromatic nitrogens is 1. The van der Waals surface area contributed by atoms with E-state index in [4.69, 9.17) is 11.5 Å². The predicted octanol–water partition coefficient (Wildman–Crippen LogP) is 2.60. The highest BCUT2D eigenvalue weighted by Gasteiger charge is 2.11. The summed E-state index contributed by atoms with van der Waals surface area (Å²) in [7, 11) is 0. The summed E-state index contributed by atoms with van der Waals surface area (Å²) in [4.78, 5) is 4.59. The van der Waals surface area contributed by atoms with E-state index in [0.29, 0.717) is 16.3 Å². The highest BCUT2D eigenvalue weighted by atomic mass is 32.2. The van der Waals surface area contributed by atoms with Crippen molar-refractivity contribution in [1.82, 2.24) is 4.98 Å². The van der Waals surface area contributed by atoms with Crippen molar-refractivity contribution >= 4 is 17.4 Å². The zero-order chi connectivity index (χ0) is 13.0. The Morgan fingerprint density at radius 2 is 2.06 bits per heavy atom. The van der Waals surface area contributed by atoms with Crippen LogP contribution >= 0.6 is 11.8 Å². The molecule has 94 valence electrons. The number of hydrogen-bond donors (Lipinski definition) is 2. The second-order valence-electron chi connectivity index (χ2n) is 3.85. The van der Waals surface area contributed by atoms with E-state index in [0.717, 1.165) is 5.56 Å². The molecular formula is C13H14FN3S. The summed E-state index contributed by atoms with van der Waals surface area (Å²) in [6, 6.07) is 8.09. The Labute approximate surface area is 109 Å². The molecule has 0 saturated heterocycles. The van der Waals surface area contributed by atoms with Crippen molar-refractivity contribution in [2.24, 2.45) is 5.73 Å². The molecule has 0 amide bonds. The molecule has 1 aromatic carbocycles. The number of pyridine rings is 1. The van der Waals surface area contributed by atoms with Gasteiger partial charge in [0.15, 0.2) is 0 Å². The fourth-order valence-electron chi connectivity index (χ4n) is 1.56. The first-order valence-corrected chi connectivity index (χ1v) is 6.49. The van der Waals surface area contributed by atoms with Gasteiger partial charge >= 0.3 is 0 Å². The Hall–Kier alpha value is -1.59. The van der Waals surface area contributed by atoms with Crippen molar-refractivity contribution in [2.45, 2.75) is 10.9 Å². The van der Waals surface area contributed by atoms with Gasteiger partial charge in [-0.05, 0) is 18.2 Å². The quantitative estimate of drug-likeness (QED) is 0.832. The van der Waals surface area contributed by atoms with Crippen LogP contribution in [-0.2, 0) is 0 Å². The SMILES string of the molecule is Nc1ccncc1C(N)CSc1ccccc1F. The van der Waals surface area contributed by atoms with Crippen LogP contribution in [0.25, 0.3) is 0 Å². The molecule has 1 unspecified atom stereocenters. The number of nitrogens with two attached hydrogens (primary N) is 2. The summed E-state index contributed by atoms with van der Waals surface area (Å²) in [6.45, 7) is 0. The van der Waals surface area contributed by atoms with E-state index in [1.807, 2.05) is 0 Å². The Bertz CT molecular complexity index is 533. The van der Waals surface area contributed by atoms with Crippen LogP contribution in [0, 0.1) is 5.82 Å². The van der Waals surface area contributed by atoms with Gasteiger partial charge in [0.2, 0.25) is 0 Å². The van der Waals surface area contributed by atoms with Crippen LogP contribution in [0.5, 0.6) is 0 Å². The standard InChI is InChI=1S/C13H14FN3S/c14-10-3-1-2-4-13(10)18-8-12(16)9-7-17-6-5-11(9)15/h1-7,12H,8,16H2,(H2,15,17). The summed E-state index contributed by atoms with van der Waals surface area (Å²) in [5.41, 5.74) is 13.3. The lowest BCUT2D eigenvalue weighted by atomic mass is 10.1. The van der Waals surface area contributed by atoms with Gasteiger partial charge in [0.1, 0.15) is 5.82 Å². The van der Waals surface area contributed by atoms with Crippen LogP contribution in [0.15, 0.2) is 47.6 Å². The number of halogens is 1. The number of benzene rings is 1. The number of nitrogens with zero attached hydrogens (tertiary/aromatic N) is 1. The molecule has 0 aliphatic heterocycles. The Morgan fingerprint density at radius 1 is 1.28 bits per heavy atom. The highest BCUT2D eigenvalue weighted by Crippen LogP contribution is 2.27. The first-order valence-electron chi connectivity index (χ1n) is 5.51. The van der Waals surface area contributed by atoms with Crippen molar-refractivity contribution < 1.29 is 4.39 Å². The largest absolute Gasteiger partial charge is 0.398 e. The number of anilines is 1. The molecule has 1 heterocycles. The summed E-state index contributed by atoms with van der Waals surface area (Å²) in [6.07, 6.45) is 3.28. The third kappa shape index (κ3) is 3.00. The minimum atomic E-state index is -0.261. The Morgan fingerprint density at radius 3 is 2.78 bits per heavy atom. The molecule has 5 heteroatoms. The van der Waals surface area contributed by atoms with Crippen molar-refractivity contribution in [1.29, 1.82) is 0 Å². The highest BCUT2D eigenvalue weighted by molar-refractivity contribution is 7.99. The van der Waals surface area contributed by atoms with Crippen molar-refractivity contribution in [3.8, 4) is 0 Å². The summed E-state index contributed by atoms with van der Waals surface area (Å²) in [5, 5.41) is 0. The Kier molecular flexibility index (Phi) is 4.17. The lowest BCUT2D eigenvalue weighted by Crippen LogP contribution is -2.15. The lowest BCUT2D eigenvalue weighted by molar-refractivity contribution is 0.602. The van der Waals surface area contributed by atoms with Gasteiger partial charge in [-0.15, -0.1) is 11.8 Å². The average Bonchev–Trinajstić information content (AvgIpc) is 2.38. The van der Waals surface area contributed by atoms with Crippen molar-refractivity contribution in [2.75, 3.05) is 11.5 Å². The molecule has 1 aromatic heterocycles. The molecule has 0 aliphatic rings. The second kappa shape index (κ2) is 5.84. The normalized spacial score (nSPS) is 12.3. The number of nitrogen functional groups attached to an aromatic ring is 1. The van der Waals surface area contributed by atoms with Gasteiger partial charge < -0.3 is 11.5 Å². The zero-order valence-corrected chi connectivity index (χ0v) is 10.5. The molecule has 4 N–H and O–H groups in total. The molecule has 2 rings (SSSR count). The summed E-state index contributed by atoms with van der Waals surface area (Å²) < 4.78 is 13.4. The smallest absolute Gasteiger partial charge is 0.136 e. The molecule has 18 heavy (non-hydrogen) atoms. The van der Waals surface area contributed by atoms with Gasteiger partial charge in [0, 0.05) is 40.3 Å². The van der Waals surface area contributed by atoms with Gasteiger partial charge in [-0.25, -0.2) is 4.39 Å².